The van der Waals surface area contributed by atoms with Crippen molar-refractivity contribution in [2.24, 2.45) is 34.0 Å². The van der Waals surface area contributed by atoms with Crippen molar-refractivity contribution in [2.45, 2.75) is 166 Å². The minimum Gasteiger partial charge on any atom is -0.481 e. The Morgan fingerprint density at radius 1 is 0.639 bits per heavy atom. The van der Waals surface area contributed by atoms with Crippen LogP contribution in [0, 0.1) is 11.8 Å². The molecule has 464 valence electrons. The SMILES string of the molecule is CSCC[C@@H]1NC(=O)[C@H](CCCN=C(N)N)NC(=O)[C@H](CCC(=O)O)NC(=O)[C@H]([C@@H](C)O)NC(=O)CNC(=O)CCNC(=O)[C@H](CC(C)C)NC(=O)[C@H](CC(N)=O)NC(=O)[C@H](Cc2cnc[nH]2)NC(=O)[C@H](CC(C)C)NC(=O)[C@H](C)NC1=O. The molecule has 12 amide bonds. The molecule has 32 nitrogen and oxygen atoms in total. The molecule has 0 saturated carbocycles. The van der Waals surface area contributed by atoms with Crippen LogP contribution in [0.4, 0.5) is 0 Å². The fourth-order valence-electron chi connectivity index (χ4n) is 8.07. The smallest absolute Gasteiger partial charge is 0.303 e. The summed E-state index contributed by atoms with van der Waals surface area (Å²) >= 11 is 1.30. The first-order valence-electron chi connectivity index (χ1n) is 27.0. The molecule has 1 aliphatic rings. The van der Waals surface area contributed by atoms with E-state index in [1.165, 1.54) is 31.2 Å². The zero-order valence-corrected chi connectivity index (χ0v) is 48.5. The van der Waals surface area contributed by atoms with Gasteiger partial charge in [0.2, 0.25) is 70.9 Å². The van der Waals surface area contributed by atoms with Crippen molar-refractivity contribution in [3.05, 3.63) is 18.2 Å². The zero-order valence-electron chi connectivity index (χ0n) is 47.7. The fraction of sp³-hybridized carbons (Fsp3) is 0.660. The predicted octanol–water partition coefficient (Wildman–Crippen LogP) is -6.01. The summed E-state index contributed by atoms with van der Waals surface area (Å²) in [7, 11) is 0. The quantitative estimate of drug-likeness (QED) is 0.0348. The van der Waals surface area contributed by atoms with E-state index in [0.717, 1.165) is 6.92 Å². The number of hydrogen-bond acceptors (Lipinski definition) is 17. The third kappa shape index (κ3) is 27.5. The Morgan fingerprint density at radius 3 is 1.70 bits per heavy atom. The van der Waals surface area contributed by atoms with E-state index in [1.807, 2.05) is 0 Å². The van der Waals surface area contributed by atoms with Gasteiger partial charge in [0, 0.05) is 44.2 Å². The first-order valence-corrected chi connectivity index (χ1v) is 28.4. The van der Waals surface area contributed by atoms with Gasteiger partial charge < -0.3 is 90.9 Å². The molecule has 1 aliphatic heterocycles. The van der Waals surface area contributed by atoms with Gasteiger partial charge in [-0.1, -0.05) is 27.7 Å². The first-order chi connectivity index (χ1) is 39.0. The number of rotatable bonds is 19. The third-order valence-electron chi connectivity index (χ3n) is 12.4. The zero-order chi connectivity index (χ0) is 62.5. The Kier molecular flexibility index (Phi) is 31.1. The third-order valence-corrected chi connectivity index (χ3v) is 13.0. The standard InChI is InChI=1S/C50H83N17O15S/c1-24(2)17-32-42(75)55-15-12-37(70)57-22-38(71)67-40(27(6)68)49(82)62-30(10-11-39(72)73)45(78)60-29(9-8-14-56-50(52)53)44(77)61-31(13-16-83-7)43(76)59-26(5)41(74)63-33(18-25(3)4)46(79)65-34(19-28-21-54-23-58-28)47(80)66-35(20-36(51)69)48(81)64-32/h21,23-27,29-35,40,68H,8-20,22H2,1-7H3,(H2,51,69)(H,54,58)(H,55,75)(H,57,70)(H,59,76)(H,60,78)(H,61,77)(H,62,82)(H,63,74)(H,64,81)(H,65,79)(H,66,80)(H,67,71)(H,72,73)(H4,52,53,56)/t26-,27+,29-,30-,31-,32-,33-,34-,35-,40-/m0/s1. The van der Waals surface area contributed by atoms with Crippen molar-refractivity contribution in [3.63, 3.8) is 0 Å². The van der Waals surface area contributed by atoms with Crippen LogP contribution in [0.2, 0.25) is 0 Å². The molecule has 83 heavy (non-hydrogen) atoms. The van der Waals surface area contributed by atoms with Crippen LogP contribution in [0.15, 0.2) is 17.5 Å². The van der Waals surface area contributed by atoms with E-state index in [1.54, 1.807) is 34.0 Å². The van der Waals surface area contributed by atoms with Crippen LogP contribution in [-0.4, -0.2) is 195 Å². The highest BCUT2D eigenvalue weighted by Crippen LogP contribution is 2.12. The van der Waals surface area contributed by atoms with Gasteiger partial charge in [-0.15, -0.1) is 0 Å². The number of thioether (sulfide) groups is 1. The average molecular weight is 1190 g/mol. The maximum absolute atomic E-state index is 14.2. The number of nitrogens with zero attached hydrogens (tertiary/aromatic N) is 2. The number of aliphatic imine (C=N–C) groups is 1. The molecule has 10 atom stereocenters. The summed E-state index contributed by atoms with van der Waals surface area (Å²) in [6.07, 6.45) is -0.127. The van der Waals surface area contributed by atoms with Crippen molar-refractivity contribution in [3.8, 4) is 0 Å². The van der Waals surface area contributed by atoms with E-state index < -0.39 is 170 Å². The molecule has 33 heteroatoms. The second-order valence-corrected chi connectivity index (χ2v) is 21.6. The fourth-order valence-corrected chi connectivity index (χ4v) is 8.55. The van der Waals surface area contributed by atoms with Gasteiger partial charge in [0.15, 0.2) is 5.96 Å². The monoisotopic (exact) mass is 1190 g/mol. The Bertz CT molecular complexity index is 2440. The molecule has 0 aliphatic carbocycles. The number of carboxylic acid groups (broad SMARTS) is 1. The van der Waals surface area contributed by atoms with Gasteiger partial charge in [0.1, 0.15) is 54.4 Å². The highest BCUT2D eigenvalue weighted by molar-refractivity contribution is 7.98. The predicted molar refractivity (Wildman–Crippen MR) is 300 cm³/mol. The van der Waals surface area contributed by atoms with Gasteiger partial charge >= 0.3 is 5.97 Å². The molecule has 1 fully saturated rings. The molecule has 1 saturated heterocycles. The summed E-state index contributed by atoms with van der Waals surface area (Å²) < 4.78 is 0. The Balaban J connectivity index is 2.72. The van der Waals surface area contributed by atoms with Crippen LogP contribution in [0.3, 0.4) is 0 Å². The van der Waals surface area contributed by atoms with Gasteiger partial charge in [0.25, 0.3) is 0 Å². The second kappa shape index (κ2) is 36.4. The minimum atomic E-state index is -1.80. The summed E-state index contributed by atoms with van der Waals surface area (Å²) in [6.45, 7) is 8.25. The van der Waals surface area contributed by atoms with Gasteiger partial charge in [0.05, 0.1) is 25.4 Å². The number of H-pyrrole nitrogens is 1. The van der Waals surface area contributed by atoms with E-state index in [9.17, 15) is 72.5 Å². The number of aliphatic hydroxyl groups excluding tert-OH is 1. The number of carbonyl (C=O) groups is 13. The van der Waals surface area contributed by atoms with Crippen LogP contribution in [0.5, 0.6) is 0 Å². The first kappa shape index (κ1) is 71.0. The van der Waals surface area contributed by atoms with Crippen LogP contribution in [-0.2, 0) is 68.7 Å². The molecule has 2 heterocycles. The van der Waals surface area contributed by atoms with Crippen LogP contribution in [0.25, 0.3) is 0 Å². The van der Waals surface area contributed by atoms with Gasteiger partial charge in [-0.2, -0.15) is 11.8 Å². The minimum absolute atomic E-state index is 0.00539. The summed E-state index contributed by atoms with van der Waals surface area (Å²) in [5, 5.41) is 47.2. The maximum Gasteiger partial charge on any atom is 0.303 e. The highest BCUT2D eigenvalue weighted by Gasteiger charge is 2.36. The highest BCUT2D eigenvalue weighted by atomic mass is 32.2. The lowest BCUT2D eigenvalue weighted by molar-refractivity contribution is -0.139. The van der Waals surface area contributed by atoms with E-state index in [2.05, 4.69) is 73.4 Å². The number of nitrogens with one attached hydrogen (secondary N) is 12. The second-order valence-electron chi connectivity index (χ2n) is 20.6. The number of hydrogen-bond donors (Lipinski definition) is 17. The van der Waals surface area contributed by atoms with Gasteiger partial charge in [-0.25, -0.2) is 4.98 Å². The lowest BCUT2D eigenvalue weighted by Crippen LogP contribution is -2.61. The van der Waals surface area contributed by atoms with Crippen LogP contribution < -0.4 is 75.7 Å². The Labute approximate surface area is 484 Å². The van der Waals surface area contributed by atoms with E-state index in [-0.39, 0.29) is 75.2 Å². The van der Waals surface area contributed by atoms with Crippen molar-refractivity contribution >= 4 is 94.6 Å². The van der Waals surface area contributed by atoms with Crippen molar-refractivity contribution < 1.29 is 72.5 Å². The number of imidazole rings is 1. The summed E-state index contributed by atoms with van der Waals surface area (Å²) in [6, 6.07) is -13.7. The van der Waals surface area contributed by atoms with E-state index in [4.69, 9.17) is 17.2 Å². The Morgan fingerprint density at radius 2 is 1.14 bits per heavy atom. The van der Waals surface area contributed by atoms with Crippen molar-refractivity contribution in [2.75, 3.05) is 31.6 Å². The molecular weight excluding hydrogens is 1110 g/mol. The maximum atomic E-state index is 14.2. The average Bonchev–Trinajstić information content (AvgIpc) is 3.93. The number of carboxylic acids is 1. The number of carbonyl (C=O) groups excluding carboxylic acids is 12. The lowest BCUT2D eigenvalue weighted by atomic mass is 10.0. The molecular formula is C50H83N17O15S. The number of aromatic amines is 1. The van der Waals surface area contributed by atoms with Crippen LogP contribution >= 0.6 is 11.8 Å². The summed E-state index contributed by atoms with van der Waals surface area (Å²) in [5.74, 6) is -13.4. The summed E-state index contributed by atoms with van der Waals surface area (Å²) in [4.78, 5) is 186. The molecule has 2 rings (SSSR count). The molecule has 0 radical (unpaired) electrons. The number of nitrogens with two attached hydrogens (primary N) is 3. The molecule has 0 bridgehead atoms. The topological polar surface area (TPSA) is 514 Å². The molecule has 0 spiro atoms. The number of aliphatic hydroxyl groups is 1. The van der Waals surface area contributed by atoms with Gasteiger partial charge in [-0.05, 0) is 76.2 Å². The van der Waals surface area contributed by atoms with Crippen LogP contribution in [0.1, 0.15) is 105 Å². The van der Waals surface area contributed by atoms with E-state index >= 15 is 0 Å². The molecule has 1 aromatic rings. The number of guanidine groups is 1. The molecule has 0 unspecified atom stereocenters. The largest absolute Gasteiger partial charge is 0.481 e. The number of primary amides is 1. The lowest BCUT2D eigenvalue weighted by Gasteiger charge is -2.28. The molecule has 20 N–H and O–H groups in total. The van der Waals surface area contributed by atoms with Gasteiger partial charge in [-0.3, -0.25) is 67.3 Å². The normalized spacial score (nSPS) is 24.6. The summed E-state index contributed by atoms with van der Waals surface area (Å²) in [5.41, 5.74) is 16.8. The number of aliphatic carboxylic acids is 1. The Hall–Kier alpha value is -8.10. The van der Waals surface area contributed by atoms with E-state index in [0.29, 0.717) is 5.69 Å². The number of amides is 12. The molecule has 0 aromatic carbocycles. The van der Waals surface area contributed by atoms with Crippen molar-refractivity contribution in [1.29, 1.82) is 0 Å². The van der Waals surface area contributed by atoms with Crippen molar-refractivity contribution in [1.82, 2.24) is 68.5 Å². The molecule has 1 aromatic heterocycles. The number of aromatic nitrogens is 2.